The molecule has 1 aromatic carbocycles. The van der Waals surface area contributed by atoms with Gasteiger partial charge >= 0.3 is 0 Å². The van der Waals surface area contributed by atoms with Crippen molar-refractivity contribution >= 4 is 11.6 Å². The van der Waals surface area contributed by atoms with E-state index in [9.17, 15) is 4.39 Å². The van der Waals surface area contributed by atoms with E-state index in [2.05, 4.69) is 11.8 Å². The summed E-state index contributed by atoms with van der Waals surface area (Å²) in [5.41, 5.74) is 0.386. The zero-order valence-electron chi connectivity index (χ0n) is 5.99. The van der Waals surface area contributed by atoms with Gasteiger partial charge in [-0.1, -0.05) is 17.5 Å². The maximum absolute atomic E-state index is 12.9. The highest BCUT2D eigenvalue weighted by Crippen LogP contribution is 2.13. The SMILES string of the molecule is CC#Cc1ccc(Cl)cc1F. The molecule has 0 radical (unpaired) electrons. The van der Waals surface area contributed by atoms with E-state index in [-0.39, 0.29) is 5.82 Å². The highest BCUT2D eigenvalue weighted by Gasteiger charge is 1.97. The lowest BCUT2D eigenvalue weighted by molar-refractivity contribution is 0.624. The Hall–Kier alpha value is -1.00. The molecule has 0 nitrogen and oxygen atoms in total. The maximum Gasteiger partial charge on any atom is 0.140 e. The molecule has 0 atom stereocenters. The number of hydrogen-bond donors (Lipinski definition) is 0. The molecule has 0 saturated carbocycles. The Labute approximate surface area is 70.0 Å². The Morgan fingerprint density at radius 1 is 1.45 bits per heavy atom. The molecule has 2 heteroatoms. The van der Waals surface area contributed by atoms with E-state index in [0.29, 0.717) is 10.6 Å². The number of hydrogen-bond acceptors (Lipinski definition) is 0. The van der Waals surface area contributed by atoms with Crippen LogP contribution in [0.1, 0.15) is 12.5 Å². The zero-order valence-corrected chi connectivity index (χ0v) is 6.74. The largest absolute Gasteiger partial charge is 0.206 e. The molecule has 0 fully saturated rings. The van der Waals surface area contributed by atoms with Gasteiger partial charge in [-0.05, 0) is 25.1 Å². The van der Waals surface area contributed by atoms with Crippen molar-refractivity contribution in [2.75, 3.05) is 0 Å². The molecule has 11 heavy (non-hydrogen) atoms. The van der Waals surface area contributed by atoms with Gasteiger partial charge in [0.25, 0.3) is 0 Å². The number of halogens is 2. The van der Waals surface area contributed by atoms with Crippen LogP contribution in [0.25, 0.3) is 0 Å². The summed E-state index contributed by atoms with van der Waals surface area (Å²) in [6, 6.07) is 4.43. The van der Waals surface area contributed by atoms with Gasteiger partial charge in [-0.3, -0.25) is 0 Å². The van der Waals surface area contributed by atoms with E-state index < -0.39 is 0 Å². The fraction of sp³-hybridized carbons (Fsp3) is 0.111. The summed E-state index contributed by atoms with van der Waals surface area (Å²) in [5.74, 6) is 4.86. The van der Waals surface area contributed by atoms with Gasteiger partial charge in [-0.25, -0.2) is 4.39 Å². The first-order chi connectivity index (χ1) is 5.24. The third-order valence-electron chi connectivity index (χ3n) is 1.19. The Balaban J connectivity index is 3.16. The second kappa shape index (κ2) is 3.41. The van der Waals surface area contributed by atoms with Crippen molar-refractivity contribution in [1.82, 2.24) is 0 Å². The highest BCUT2D eigenvalue weighted by atomic mass is 35.5. The van der Waals surface area contributed by atoms with Crippen LogP contribution >= 0.6 is 11.6 Å². The molecule has 0 unspecified atom stereocenters. The van der Waals surface area contributed by atoms with Crippen LogP contribution in [0.2, 0.25) is 5.02 Å². The van der Waals surface area contributed by atoms with Crippen LogP contribution in [0.15, 0.2) is 18.2 Å². The third kappa shape index (κ3) is 1.96. The van der Waals surface area contributed by atoms with Crippen LogP contribution in [0.4, 0.5) is 4.39 Å². The van der Waals surface area contributed by atoms with Crippen molar-refractivity contribution in [3.8, 4) is 11.8 Å². The maximum atomic E-state index is 12.9. The van der Waals surface area contributed by atoms with Crippen molar-refractivity contribution < 1.29 is 4.39 Å². The Morgan fingerprint density at radius 2 is 2.18 bits per heavy atom. The first-order valence-electron chi connectivity index (χ1n) is 3.12. The van der Waals surface area contributed by atoms with Gasteiger partial charge in [-0.15, -0.1) is 5.92 Å². The minimum Gasteiger partial charge on any atom is -0.206 e. The van der Waals surface area contributed by atoms with Crippen LogP contribution in [0.3, 0.4) is 0 Å². The summed E-state index contributed by atoms with van der Waals surface area (Å²) in [4.78, 5) is 0. The molecule has 56 valence electrons. The summed E-state index contributed by atoms with van der Waals surface area (Å²) in [6.07, 6.45) is 0. The van der Waals surface area contributed by atoms with Crippen molar-refractivity contribution in [3.63, 3.8) is 0 Å². The molecular formula is C9H6ClF. The van der Waals surface area contributed by atoms with Crippen LogP contribution in [-0.4, -0.2) is 0 Å². The molecule has 0 saturated heterocycles. The smallest absolute Gasteiger partial charge is 0.140 e. The van der Waals surface area contributed by atoms with E-state index in [4.69, 9.17) is 11.6 Å². The summed E-state index contributed by atoms with van der Waals surface area (Å²) >= 11 is 5.53. The fourth-order valence-corrected chi connectivity index (χ4v) is 0.884. The normalized spacial score (nSPS) is 8.64. The Kier molecular flexibility index (Phi) is 2.51. The van der Waals surface area contributed by atoms with Gasteiger partial charge in [0.05, 0.1) is 5.56 Å². The molecule has 1 aromatic rings. The van der Waals surface area contributed by atoms with Gasteiger partial charge in [-0.2, -0.15) is 0 Å². The summed E-state index contributed by atoms with van der Waals surface area (Å²) < 4.78 is 12.9. The van der Waals surface area contributed by atoms with E-state index in [1.807, 2.05) is 0 Å². The molecule has 0 aliphatic rings. The lowest BCUT2D eigenvalue weighted by Crippen LogP contribution is -1.81. The van der Waals surface area contributed by atoms with Gasteiger partial charge in [0.1, 0.15) is 5.82 Å². The second-order valence-corrected chi connectivity index (χ2v) is 2.44. The van der Waals surface area contributed by atoms with E-state index in [1.165, 1.54) is 6.07 Å². The predicted octanol–water partition coefficient (Wildman–Crippen LogP) is 2.85. The van der Waals surface area contributed by atoms with E-state index in [0.717, 1.165) is 0 Å². The average Bonchev–Trinajstić information content (AvgIpc) is 1.95. The zero-order chi connectivity index (χ0) is 8.27. The van der Waals surface area contributed by atoms with Crippen LogP contribution < -0.4 is 0 Å². The second-order valence-electron chi connectivity index (χ2n) is 2.00. The molecule has 0 aliphatic carbocycles. The Bertz CT molecular complexity index is 320. The molecular weight excluding hydrogens is 163 g/mol. The molecule has 0 aromatic heterocycles. The summed E-state index contributed by atoms with van der Waals surface area (Å²) in [7, 11) is 0. The van der Waals surface area contributed by atoms with Gasteiger partial charge < -0.3 is 0 Å². The quantitative estimate of drug-likeness (QED) is 0.523. The predicted molar refractivity (Wildman–Crippen MR) is 44.0 cm³/mol. The minimum atomic E-state index is -0.369. The molecule has 0 amide bonds. The lowest BCUT2D eigenvalue weighted by Gasteiger charge is -1.93. The molecule has 0 heterocycles. The van der Waals surface area contributed by atoms with Gasteiger partial charge in [0.2, 0.25) is 0 Å². The number of benzene rings is 1. The average molecular weight is 169 g/mol. The first-order valence-corrected chi connectivity index (χ1v) is 3.49. The van der Waals surface area contributed by atoms with Gasteiger partial charge in [0.15, 0.2) is 0 Å². The highest BCUT2D eigenvalue weighted by molar-refractivity contribution is 6.30. The molecule has 0 N–H and O–H groups in total. The molecule has 0 aliphatic heterocycles. The van der Waals surface area contributed by atoms with Gasteiger partial charge in [0, 0.05) is 5.02 Å². The van der Waals surface area contributed by atoms with Crippen molar-refractivity contribution in [1.29, 1.82) is 0 Å². The molecule has 0 spiro atoms. The first kappa shape index (κ1) is 8.10. The van der Waals surface area contributed by atoms with E-state index in [1.54, 1.807) is 19.1 Å². The number of rotatable bonds is 0. The summed E-state index contributed by atoms with van der Waals surface area (Å²) in [5, 5.41) is 0.393. The minimum absolute atomic E-state index is 0.369. The lowest BCUT2D eigenvalue weighted by atomic mass is 10.2. The van der Waals surface area contributed by atoms with E-state index >= 15 is 0 Å². The van der Waals surface area contributed by atoms with Crippen molar-refractivity contribution in [3.05, 3.63) is 34.6 Å². The fourth-order valence-electron chi connectivity index (χ4n) is 0.726. The standard InChI is InChI=1S/C9H6ClF/c1-2-3-7-4-5-8(10)6-9(7)11/h4-6H,1H3. The van der Waals surface area contributed by atoms with Crippen molar-refractivity contribution in [2.45, 2.75) is 6.92 Å². The third-order valence-corrected chi connectivity index (χ3v) is 1.43. The van der Waals surface area contributed by atoms with Crippen molar-refractivity contribution in [2.24, 2.45) is 0 Å². The summed E-state index contributed by atoms with van der Waals surface area (Å²) in [6.45, 7) is 1.66. The monoisotopic (exact) mass is 168 g/mol. The molecule has 1 rings (SSSR count). The molecule has 0 bridgehead atoms. The van der Waals surface area contributed by atoms with Crippen LogP contribution in [0.5, 0.6) is 0 Å². The van der Waals surface area contributed by atoms with Crippen LogP contribution in [0, 0.1) is 17.7 Å². The Morgan fingerprint density at radius 3 is 2.73 bits per heavy atom. The topological polar surface area (TPSA) is 0 Å². The van der Waals surface area contributed by atoms with Crippen LogP contribution in [-0.2, 0) is 0 Å².